The van der Waals surface area contributed by atoms with Gasteiger partial charge in [0.05, 0.1) is 36.9 Å². The molecule has 3 rings (SSSR count). The van der Waals surface area contributed by atoms with Crippen LogP contribution in [0.2, 0.25) is 0 Å². The molecule has 0 saturated carbocycles. The zero-order valence-corrected chi connectivity index (χ0v) is 22.7. The molecule has 0 spiro atoms. The van der Waals surface area contributed by atoms with E-state index in [2.05, 4.69) is 10.1 Å². The molecule has 0 aliphatic rings. The summed E-state index contributed by atoms with van der Waals surface area (Å²) in [5, 5.41) is 23.4. The van der Waals surface area contributed by atoms with E-state index >= 15 is 0 Å². The first-order chi connectivity index (χ1) is 20.0. The fourth-order valence-electron chi connectivity index (χ4n) is 3.36. The van der Waals surface area contributed by atoms with E-state index in [1.54, 1.807) is 12.1 Å². The molecule has 1 heterocycles. The maximum absolute atomic E-state index is 13.8. The molecule has 0 bridgehead atoms. The average molecular weight is 615 g/mol. The smallest absolute Gasteiger partial charge is 0.417 e. The number of benzene rings is 2. The van der Waals surface area contributed by atoms with Crippen LogP contribution in [0, 0.1) is 10.1 Å². The van der Waals surface area contributed by atoms with Gasteiger partial charge in [0.1, 0.15) is 19.0 Å². The number of hydrogen-bond donors (Lipinski definition) is 2. The second-order valence-corrected chi connectivity index (χ2v) is 9.22. The molecule has 16 heteroatoms. The Morgan fingerprint density at radius 1 is 1.10 bits per heavy atom. The van der Waals surface area contributed by atoms with Gasteiger partial charge in [-0.15, -0.1) is 0 Å². The fourth-order valence-corrected chi connectivity index (χ4v) is 4.19. The third kappa shape index (κ3) is 9.32. The molecule has 1 unspecified atom stereocenters. The minimum Gasteiger partial charge on any atom is -0.491 e. The molecule has 0 saturated heterocycles. The Labute approximate surface area is 240 Å². The van der Waals surface area contributed by atoms with Crippen molar-refractivity contribution in [1.82, 2.24) is 5.32 Å². The van der Waals surface area contributed by atoms with Crippen molar-refractivity contribution in [1.29, 1.82) is 0 Å². The molecule has 0 aliphatic carbocycles. The molecule has 1 aromatic heterocycles. The number of hydrogen-bond acceptors (Lipinski definition) is 11. The van der Waals surface area contributed by atoms with E-state index in [4.69, 9.17) is 18.9 Å². The highest BCUT2D eigenvalue weighted by molar-refractivity contribution is 7.17. The minimum atomic E-state index is -4.94. The number of methoxy groups -OCH3 is 1. The van der Waals surface area contributed by atoms with Crippen molar-refractivity contribution in [2.45, 2.75) is 19.1 Å². The van der Waals surface area contributed by atoms with E-state index in [-0.39, 0.29) is 38.7 Å². The summed E-state index contributed by atoms with van der Waals surface area (Å²) in [5.41, 5.74) is -1.19. The molecular weight excluding hydrogens is 589 g/mol. The largest absolute Gasteiger partial charge is 0.491 e. The van der Waals surface area contributed by atoms with Crippen molar-refractivity contribution in [3.05, 3.63) is 86.3 Å². The zero-order chi connectivity index (χ0) is 30.7. The van der Waals surface area contributed by atoms with Gasteiger partial charge < -0.3 is 34.1 Å². The number of nitrogens with zero attached hydrogens (tertiary/aromatic N) is 1. The van der Waals surface area contributed by atoms with Crippen LogP contribution in [0.3, 0.4) is 0 Å². The fraction of sp³-hybridized carbons (Fsp3) is 0.308. The molecule has 226 valence electrons. The number of carbonyl (C=O) groups is 2. The van der Waals surface area contributed by atoms with Gasteiger partial charge in [0.2, 0.25) is 6.29 Å². The van der Waals surface area contributed by atoms with Gasteiger partial charge in [0.15, 0.2) is 10.6 Å². The van der Waals surface area contributed by atoms with Gasteiger partial charge >= 0.3 is 23.2 Å². The van der Waals surface area contributed by atoms with E-state index in [1.807, 2.05) is 18.2 Å². The highest BCUT2D eigenvalue weighted by atomic mass is 32.1. The lowest BCUT2D eigenvalue weighted by atomic mass is 10.1. The van der Waals surface area contributed by atoms with Gasteiger partial charge in [-0.3, -0.25) is 10.1 Å². The van der Waals surface area contributed by atoms with Gasteiger partial charge in [-0.1, -0.05) is 41.7 Å². The minimum absolute atomic E-state index is 0.0111. The number of aliphatic hydroxyl groups is 1. The molecule has 3 aromatic rings. The Bertz CT molecular complexity index is 1370. The number of nitro groups is 1. The Balaban J connectivity index is 1.51. The molecule has 42 heavy (non-hydrogen) atoms. The van der Waals surface area contributed by atoms with E-state index in [1.165, 1.54) is 0 Å². The number of carbonyl (C=O) groups excluding carboxylic acids is 2. The summed E-state index contributed by atoms with van der Waals surface area (Å²) in [7, 11) is 1.00. The van der Waals surface area contributed by atoms with E-state index in [9.17, 15) is 38.0 Å². The summed E-state index contributed by atoms with van der Waals surface area (Å²) in [6.07, 6.45) is -7.82. The molecular formula is C26H25F3N2O10S. The average Bonchev–Trinajstić information content (AvgIpc) is 3.39. The first-order valence-electron chi connectivity index (χ1n) is 12.1. The van der Waals surface area contributed by atoms with Gasteiger partial charge in [0, 0.05) is 12.1 Å². The van der Waals surface area contributed by atoms with E-state index < -0.39 is 56.2 Å². The van der Waals surface area contributed by atoms with Crippen LogP contribution in [0.15, 0.2) is 54.6 Å². The molecule has 1 amide bonds. The van der Waals surface area contributed by atoms with Gasteiger partial charge in [-0.2, -0.15) is 13.2 Å². The first kappa shape index (κ1) is 32.1. The number of rotatable bonds is 14. The Morgan fingerprint density at radius 3 is 2.50 bits per heavy atom. The molecule has 2 N–H and O–H groups in total. The number of thiophene rings is 1. The number of amides is 1. The number of aliphatic hydroxyl groups excluding tert-OH is 1. The number of alkyl halides is 3. The van der Waals surface area contributed by atoms with Crippen LogP contribution >= 0.6 is 11.3 Å². The predicted molar refractivity (Wildman–Crippen MR) is 140 cm³/mol. The van der Waals surface area contributed by atoms with Crippen molar-refractivity contribution < 1.29 is 56.5 Å². The highest BCUT2D eigenvalue weighted by Gasteiger charge is 2.37. The summed E-state index contributed by atoms with van der Waals surface area (Å²) in [4.78, 5) is 33.4. The van der Waals surface area contributed by atoms with Crippen LogP contribution in [-0.4, -0.2) is 55.6 Å². The third-order valence-corrected chi connectivity index (χ3v) is 6.34. The topological polar surface area (TPSA) is 156 Å². The summed E-state index contributed by atoms with van der Waals surface area (Å²) in [5.74, 6) is -1.74. The van der Waals surface area contributed by atoms with Crippen LogP contribution < -0.4 is 14.8 Å². The van der Waals surface area contributed by atoms with Crippen LogP contribution in [0.25, 0.3) is 0 Å². The summed E-state index contributed by atoms with van der Waals surface area (Å²) in [6, 6.07) is 12.6. The molecule has 2 aromatic carbocycles. The van der Waals surface area contributed by atoms with Crippen molar-refractivity contribution in [3.63, 3.8) is 0 Å². The van der Waals surface area contributed by atoms with Crippen LogP contribution in [-0.2, 0) is 27.0 Å². The number of alkyl carbamates (subject to hydrolysis) is 1. The van der Waals surface area contributed by atoms with Crippen molar-refractivity contribution in [2.24, 2.45) is 0 Å². The van der Waals surface area contributed by atoms with Crippen molar-refractivity contribution in [3.8, 4) is 11.5 Å². The van der Waals surface area contributed by atoms with Crippen LogP contribution in [0.1, 0.15) is 32.7 Å². The second-order valence-electron chi connectivity index (χ2n) is 8.19. The maximum atomic E-state index is 13.8. The lowest BCUT2D eigenvalue weighted by Gasteiger charge is -2.19. The maximum Gasteiger partial charge on any atom is 0.417 e. The van der Waals surface area contributed by atoms with Gasteiger partial charge in [-0.25, -0.2) is 9.59 Å². The van der Waals surface area contributed by atoms with Crippen molar-refractivity contribution >= 4 is 28.4 Å². The molecule has 1 atom stereocenters. The Kier molecular flexibility index (Phi) is 11.5. The van der Waals surface area contributed by atoms with Crippen LogP contribution in [0.5, 0.6) is 11.5 Å². The molecule has 0 radical (unpaired) electrons. The lowest BCUT2D eigenvalue weighted by molar-refractivity contribution is -0.380. The SMILES string of the molecule is COC(=O)c1sc([N+](=O)[O-])cc1OC(O)c1ccc(OCCOCCNC(=O)OCc2ccccc2)cc1C(F)(F)F. The number of ether oxygens (including phenoxy) is 5. The number of nitrogens with one attached hydrogen (secondary N) is 1. The van der Waals surface area contributed by atoms with Gasteiger partial charge in [0.25, 0.3) is 0 Å². The van der Waals surface area contributed by atoms with Crippen molar-refractivity contribution in [2.75, 3.05) is 33.5 Å². The predicted octanol–water partition coefficient (Wildman–Crippen LogP) is 4.85. The quantitative estimate of drug-likeness (QED) is 0.0846. The standard InChI is InChI=1S/C26H25F3N2O10S/c1-37-24(33)22-20(14-21(42-22)31(35)36)41-23(32)18-8-7-17(13-19(18)26(27,28)29)39-12-11-38-10-9-30-25(34)40-15-16-5-3-2-4-6-16/h2-8,13-14,23,32H,9-12,15H2,1H3,(H,30,34). The zero-order valence-electron chi connectivity index (χ0n) is 21.9. The monoisotopic (exact) mass is 614 g/mol. The summed E-state index contributed by atoms with van der Waals surface area (Å²) < 4.78 is 66.6. The van der Waals surface area contributed by atoms with Crippen LogP contribution in [0.4, 0.5) is 23.0 Å². The summed E-state index contributed by atoms with van der Waals surface area (Å²) >= 11 is 0.378. The van der Waals surface area contributed by atoms with Gasteiger partial charge in [-0.05, 0) is 23.8 Å². The molecule has 0 aliphatic heterocycles. The second kappa shape index (κ2) is 15.0. The molecule has 12 nitrogen and oxygen atoms in total. The number of halogens is 3. The Morgan fingerprint density at radius 2 is 1.83 bits per heavy atom. The summed E-state index contributed by atoms with van der Waals surface area (Å²) in [6.45, 7) is 0.185. The highest BCUT2D eigenvalue weighted by Crippen LogP contribution is 2.40. The van der Waals surface area contributed by atoms with E-state index in [0.717, 1.165) is 30.9 Å². The normalized spacial score (nSPS) is 11.8. The third-order valence-electron chi connectivity index (χ3n) is 5.30. The number of esters is 1. The Hall–Kier alpha value is -4.41. The van der Waals surface area contributed by atoms with E-state index in [0.29, 0.717) is 17.4 Å². The first-order valence-corrected chi connectivity index (χ1v) is 12.9. The lowest BCUT2D eigenvalue weighted by Crippen LogP contribution is -2.28. The molecule has 0 fully saturated rings.